The van der Waals surface area contributed by atoms with Crippen molar-refractivity contribution in [2.24, 2.45) is 0 Å². The first-order valence-corrected chi connectivity index (χ1v) is 5.80. The summed E-state index contributed by atoms with van der Waals surface area (Å²) in [5.74, 6) is 0.0289. The van der Waals surface area contributed by atoms with Crippen LogP contribution in [0.15, 0.2) is 54.9 Å². The Hall–Kier alpha value is -2.42. The predicted octanol–water partition coefficient (Wildman–Crippen LogP) is 2.87. The lowest BCUT2D eigenvalue weighted by atomic mass is 10.1. The molecule has 2 heterocycles. The fourth-order valence-corrected chi connectivity index (χ4v) is 2.10. The Balaban J connectivity index is 2.16. The van der Waals surface area contributed by atoms with E-state index >= 15 is 0 Å². The third kappa shape index (κ3) is 1.61. The molecule has 18 heavy (non-hydrogen) atoms. The van der Waals surface area contributed by atoms with Crippen molar-refractivity contribution < 1.29 is 4.79 Å². The minimum absolute atomic E-state index is 0.0289. The number of carbonyl (C=O) groups excluding carboxylic acids is 1. The van der Waals surface area contributed by atoms with Gasteiger partial charge < -0.3 is 4.40 Å². The monoisotopic (exact) mass is 236 g/mol. The number of fused-ring (bicyclic) bond motifs is 1. The summed E-state index contributed by atoms with van der Waals surface area (Å²) in [7, 11) is 0. The summed E-state index contributed by atoms with van der Waals surface area (Å²) >= 11 is 0. The lowest BCUT2D eigenvalue weighted by molar-refractivity contribution is 0.103. The Labute approximate surface area is 105 Å². The zero-order chi connectivity index (χ0) is 12.5. The Morgan fingerprint density at radius 1 is 1.11 bits per heavy atom. The number of rotatable bonds is 2. The van der Waals surface area contributed by atoms with Crippen LogP contribution in [0.25, 0.3) is 5.52 Å². The first kappa shape index (κ1) is 10.7. The minimum atomic E-state index is 0.0289. The molecule has 0 saturated carbocycles. The highest BCUT2D eigenvalue weighted by Crippen LogP contribution is 2.16. The lowest BCUT2D eigenvalue weighted by Gasteiger charge is -2.03. The SMILES string of the molecule is Cc1nccn2c(C(=O)c3ccccc3)ccc12. The second-order valence-corrected chi connectivity index (χ2v) is 4.18. The van der Waals surface area contributed by atoms with Gasteiger partial charge in [0.25, 0.3) is 0 Å². The first-order valence-electron chi connectivity index (χ1n) is 5.80. The van der Waals surface area contributed by atoms with Gasteiger partial charge in [-0.1, -0.05) is 30.3 Å². The number of hydrogen-bond acceptors (Lipinski definition) is 2. The van der Waals surface area contributed by atoms with Crippen LogP contribution in [0.1, 0.15) is 21.7 Å². The van der Waals surface area contributed by atoms with Gasteiger partial charge in [0.1, 0.15) is 0 Å². The number of hydrogen-bond donors (Lipinski definition) is 0. The zero-order valence-electron chi connectivity index (χ0n) is 10.00. The fraction of sp³-hybridized carbons (Fsp3) is 0.0667. The number of benzene rings is 1. The Morgan fingerprint density at radius 2 is 1.89 bits per heavy atom. The molecule has 0 aliphatic carbocycles. The van der Waals surface area contributed by atoms with E-state index in [1.54, 1.807) is 6.20 Å². The van der Waals surface area contributed by atoms with Crippen molar-refractivity contribution in [3.63, 3.8) is 0 Å². The number of carbonyl (C=O) groups is 1. The van der Waals surface area contributed by atoms with E-state index in [1.165, 1.54) is 0 Å². The van der Waals surface area contributed by atoms with Gasteiger partial charge in [0, 0.05) is 18.0 Å². The van der Waals surface area contributed by atoms with Gasteiger partial charge in [0.15, 0.2) is 0 Å². The molecule has 3 rings (SSSR count). The molecule has 0 atom stereocenters. The van der Waals surface area contributed by atoms with Crippen molar-refractivity contribution in [1.82, 2.24) is 9.38 Å². The van der Waals surface area contributed by atoms with Crippen LogP contribution < -0.4 is 0 Å². The molecule has 2 aromatic heterocycles. The van der Waals surface area contributed by atoms with E-state index in [9.17, 15) is 4.79 Å². The summed E-state index contributed by atoms with van der Waals surface area (Å²) in [5.41, 5.74) is 3.26. The highest BCUT2D eigenvalue weighted by molar-refractivity contribution is 6.08. The van der Waals surface area contributed by atoms with E-state index in [1.807, 2.05) is 60.0 Å². The summed E-state index contributed by atoms with van der Waals surface area (Å²) in [6, 6.07) is 13.1. The third-order valence-corrected chi connectivity index (χ3v) is 3.04. The minimum Gasteiger partial charge on any atom is -0.310 e. The smallest absolute Gasteiger partial charge is 0.209 e. The molecule has 0 radical (unpaired) electrons. The summed E-state index contributed by atoms with van der Waals surface area (Å²) in [6.07, 6.45) is 3.53. The molecule has 3 heteroatoms. The van der Waals surface area contributed by atoms with Crippen molar-refractivity contribution in [2.45, 2.75) is 6.92 Å². The summed E-state index contributed by atoms with van der Waals surface area (Å²) < 4.78 is 1.89. The van der Waals surface area contributed by atoms with Gasteiger partial charge in [-0.15, -0.1) is 0 Å². The van der Waals surface area contributed by atoms with E-state index in [2.05, 4.69) is 4.98 Å². The number of ketones is 1. The van der Waals surface area contributed by atoms with Crippen molar-refractivity contribution in [1.29, 1.82) is 0 Å². The normalized spacial score (nSPS) is 10.7. The molecule has 0 spiro atoms. The first-order chi connectivity index (χ1) is 8.77. The standard InChI is InChI=1S/C15H12N2O/c1-11-13-7-8-14(17(13)10-9-16-11)15(18)12-5-3-2-4-6-12/h2-10H,1H3. The Morgan fingerprint density at radius 3 is 2.67 bits per heavy atom. The molecule has 0 aliphatic rings. The Bertz CT molecular complexity index is 714. The van der Waals surface area contributed by atoms with Gasteiger partial charge in [-0.2, -0.15) is 0 Å². The maximum Gasteiger partial charge on any atom is 0.209 e. The summed E-state index contributed by atoms with van der Waals surface area (Å²) in [5, 5.41) is 0. The van der Waals surface area contributed by atoms with E-state index < -0.39 is 0 Å². The summed E-state index contributed by atoms with van der Waals surface area (Å²) in [4.78, 5) is 16.6. The average molecular weight is 236 g/mol. The van der Waals surface area contributed by atoms with E-state index in [0.717, 1.165) is 11.2 Å². The molecule has 0 amide bonds. The van der Waals surface area contributed by atoms with Crippen LogP contribution in [0.2, 0.25) is 0 Å². The highest BCUT2D eigenvalue weighted by atomic mass is 16.1. The van der Waals surface area contributed by atoms with Crippen molar-refractivity contribution in [3.8, 4) is 0 Å². The molecular formula is C15H12N2O. The quantitative estimate of drug-likeness (QED) is 0.641. The van der Waals surface area contributed by atoms with Gasteiger partial charge in [0.2, 0.25) is 5.78 Å². The van der Waals surface area contributed by atoms with Crippen LogP contribution in [0, 0.1) is 6.92 Å². The maximum absolute atomic E-state index is 12.4. The maximum atomic E-state index is 12.4. The van der Waals surface area contributed by atoms with Crippen LogP contribution in [-0.4, -0.2) is 15.2 Å². The van der Waals surface area contributed by atoms with Crippen LogP contribution >= 0.6 is 0 Å². The molecule has 3 nitrogen and oxygen atoms in total. The second kappa shape index (κ2) is 4.11. The molecule has 0 bridgehead atoms. The topological polar surface area (TPSA) is 34.4 Å². The van der Waals surface area contributed by atoms with Crippen LogP contribution in [-0.2, 0) is 0 Å². The predicted molar refractivity (Wildman–Crippen MR) is 69.8 cm³/mol. The fourth-order valence-electron chi connectivity index (χ4n) is 2.10. The summed E-state index contributed by atoms with van der Waals surface area (Å²) in [6.45, 7) is 1.94. The molecule has 0 N–H and O–H groups in total. The molecule has 0 aliphatic heterocycles. The number of aryl methyl sites for hydroxylation is 1. The molecule has 88 valence electrons. The van der Waals surface area contributed by atoms with Crippen molar-refractivity contribution in [3.05, 3.63) is 71.8 Å². The number of aromatic nitrogens is 2. The molecule has 0 saturated heterocycles. The zero-order valence-corrected chi connectivity index (χ0v) is 10.00. The van der Waals surface area contributed by atoms with E-state index in [4.69, 9.17) is 0 Å². The van der Waals surface area contributed by atoms with E-state index in [-0.39, 0.29) is 5.78 Å². The van der Waals surface area contributed by atoms with Gasteiger partial charge in [-0.3, -0.25) is 9.78 Å². The van der Waals surface area contributed by atoms with Gasteiger partial charge in [0.05, 0.1) is 16.9 Å². The largest absolute Gasteiger partial charge is 0.310 e. The molecule has 0 unspecified atom stereocenters. The molecule has 1 aromatic carbocycles. The lowest BCUT2D eigenvalue weighted by Crippen LogP contribution is -2.05. The molecule has 3 aromatic rings. The van der Waals surface area contributed by atoms with Crippen LogP contribution in [0.3, 0.4) is 0 Å². The van der Waals surface area contributed by atoms with Crippen LogP contribution in [0.4, 0.5) is 0 Å². The van der Waals surface area contributed by atoms with Gasteiger partial charge in [-0.25, -0.2) is 0 Å². The highest BCUT2D eigenvalue weighted by Gasteiger charge is 2.13. The third-order valence-electron chi connectivity index (χ3n) is 3.04. The molecular weight excluding hydrogens is 224 g/mol. The van der Waals surface area contributed by atoms with E-state index in [0.29, 0.717) is 11.3 Å². The van der Waals surface area contributed by atoms with Crippen molar-refractivity contribution in [2.75, 3.05) is 0 Å². The van der Waals surface area contributed by atoms with Gasteiger partial charge in [-0.05, 0) is 19.1 Å². The second-order valence-electron chi connectivity index (χ2n) is 4.18. The van der Waals surface area contributed by atoms with Crippen molar-refractivity contribution >= 4 is 11.3 Å². The number of nitrogens with zero attached hydrogens (tertiary/aromatic N) is 2. The average Bonchev–Trinajstić information content (AvgIpc) is 2.84. The van der Waals surface area contributed by atoms with Crippen LogP contribution in [0.5, 0.6) is 0 Å². The van der Waals surface area contributed by atoms with Gasteiger partial charge >= 0.3 is 0 Å². The Kier molecular flexibility index (Phi) is 2.45. The molecule has 0 fully saturated rings.